The first-order chi connectivity index (χ1) is 11.5. The van der Waals surface area contributed by atoms with Crippen molar-refractivity contribution in [2.45, 2.75) is 0 Å². The van der Waals surface area contributed by atoms with Crippen LogP contribution in [0.4, 0.5) is 5.69 Å². The molecule has 24 heavy (non-hydrogen) atoms. The van der Waals surface area contributed by atoms with Crippen molar-refractivity contribution in [2.75, 3.05) is 24.5 Å². The van der Waals surface area contributed by atoms with Crippen LogP contribution in [0.15, 0.2) is 42.5 Å². The smallest absolute Gasteiger partial charge is 0.255 e. The van der Waals surface area contributed by atoms with Crippen molar-refractivity contribution in [1.29, 1.82) is 0 Å². The van der Waals surface area contributed by atoms with E-state index < -0.39 is 0 Å². The van der Waals surface area contributed by atoms with Gasteiger partial charge in [-0.05, 0) is 36.4 Å². The van der Waals surface area contributed by atoms with Gasteiger partial charge in [-0.3, -0.25) is 9.59 Å². The number of piperazine rings is 1. The highest BCUT2D eigenvalue weighted by atomic mass is 35.5. The highest BCUT2D eigenvalue weighted by molar-refractivity contribution is 6.43. The maximum absolute atomic E-state index is 12.6. The molecule has 0 bridgehead atoms. The summed E-state index contributed by atoms with van der Waals surface area (Å²) >= 11 is 17.9. The maximum atomic E-state index is 12.6. The lowest BCUT2D eigenvalue weighted by atomic mass is 10.1. The van der Waals surface area contributed by atoms with E-state index in [0.717, 1.165) is 5.69 Å². The second kappa shape index (κ2) is 7.01. The Morgan fingerprint density at radius 2 is 1.67 bits per heavy atom. The van der Waals surface area contributed by atoms with E-state index in [1.54, 1.807) is 47.4 Å². The lowest BCUT2D eigenvalue weighted by Crippen LogP contribution is -2.52. The van der Waals surface area contributed by atoms with Gasteiger partial charge in [-0.15, -0.1) is 0 Å². The molecule has 7 heteroatoms. The summed E-state index contributed by atoms with van der Waals surface area (Å²) in [5.74, 6) is -0.457. The van der Waals surface area contributed by atoms with E-state index in [9.17, 15) is 9.59 Å². The van der Waals surface area contributed by atoms with Gasteiger partial charge in [0.15, 0.2) is 0 Å². The molecule has 0 aromatic heterocycles. The zero-order valence-corrected chi connectivity index (χ0v) is 14.8. The van der Waals surface area contributed by atoms with Gasteiger partial charge in [0.25, 0.3) is 5.91 Å². The predicted molar refractivity (Wildman–Crippen MR) is 96.2 cm³/mol. The van der Waals surface area contributed by atoms with E-state index in [2.05, 4.69) is 0 Å². The fourth-order valence-electron chi connectivity index (χ4n) is 2.58. The predicted octanol–water partition coefficient (Wildman–Crippen LogP) is 4.14. The first-order valence-corrected chi connectivity index (χ1v) is 8.40. The first kappa shape index (κ1) is 17.1. The van der Waals surface area contributed by atoms with E-state index >= 15 is 0 Å². The van der Waals surface area contributed by atoms with Gasteiger partial charge in [0, 0.05) is 23.8 Å². The summed E-state index contributed by atoms with van der Waals surface area (Å²) in [6.07, 6.45) is 0. The fourth-order valence-corrected chi connectivity index (χ4v) is 3.09. The molecular formula is C17H13Cl3N2O2. The molecule has 0 N–H and O–H groups in total. The molecule has 0 saturated carbocycles. The van der Waals surface area contributed by atoms with Crippen LogP contribution in [0.2, 0.25) is 15.1 Å². The van der Waals surface area contributed by atoms with E-state index in [-0.39, 0.29) is 23.4 Å². The minimum absolute atomic E-state index is 0.00962. The summed E-state index contributed by atoms with van der Waals surface area (Å²) in [4.78, 5) is 28.1. The molecule has 1 saturated heterocycles. The van der Waals surface area contributed by atoms with Crippen molar-refractivity contribution in [2.24, 2.45) is 0 Å². The lowest BCUT2D eigenvalue weighted by molar-refractivity contribution is -0.120. The molecule has 1 fully saturated rings. The summed E-state index contributed by atoms with van der Waals surface area (Å²) in [6.45, 7) is 0.810. The molecule has 124 valence electrons. The molecule has 0 atom stereocenters. The van der Waals surface area contributed by atoms with Gasteiger partial charge >= 0.3 is 0 Å². The third kappa shape index (κ3) is 3.36. The Bertz CT molecular complexity index is 793. The Balaban J connectivity index is 1.75. The molecule has 1 aliphatic heterocycles. The van der Waals surface area contributed by atoms with Crippen molar-refractivity contribution in [3.05, 3.63) is 63.1 Å². The van der Waals surface area contributed by atoms with Crippen molar-refractivity contribution in [1.82, 2.24) is 4.90 Å². The Morgan fingerprint density at radius 3 is 2.33 bits per heavy atom. The van der Waals surface area contributed by atoms with Crippen LogP contribution in [-0.4, -0.2) is 36.3 Å². The third-order valence-corrected chi connectivity index (χ3v) is 4.90. The molecule has 0 unspecified atom stereocenters. The van der Waals surface area contributed by atoms with Gasteiger partial charge in [-0.2, -0.15) is 0 Å². The summed E-state index contributed by atoms with van der Waals surface area (Å²) in [7, 11) is 0. The summed E-state index contributed by atoms with van der Waals surface area (Å²) in [5.41, 5.74) is 1.06. The third-order valence-electron chi connectivity index (χ3n) is 3.83. The van der Waals surface area contributed by atoms with Crippen molar-refractivity contribution in [3.8, 4) is 0 Å². The number of hydrogen-bond donors (Lipinski definition) is 0. The number of halogens is 3. The van der Waals surface area contributed by atoms with Gasteiger partial charge in [0.2, 0.25) is 5.91 Å². The highest BCUT2D eigenvalue weighted by Crippen LogP contribution is 2.27. The van der Waals surface area contributed by atoms with Gasteiger partial charge < -0.3 is 9.80 Å². The molecular weight excluding hydrogens is 371 g/mol. The van der Waals surface area contributed by atoms with Gasteiger partial charge in [-0.25, -0.2) is 0 Å². The number of rotatable bonds is 2. The molecule has 2 amide bonds. The zero-order valence-electron chi connectivity index (χ0n) is 12.5. The normalized spacial score (nSPS) is 14.9. The second-order valence-electron chi connectivity index (χ2n) is 5.35. The molecule has 1 heterocycles. The topological polar surface area (TPSA) is 40.6 Å². The number of hydrogen-bond acceptors (Lipinski definition) is 2. The van der Waals surface area contributed by atoms with Gasteiger partial charge in [0.1, 0.15) is 6.54 Å². The van der Waals surface area contributed by atoms with E-state index in [1.165, 1.54) is 4.90 Å². The van der Waals surface area contributed by atoms with Crippen LogP contribution in [0, 0.1) is 0 Å². The fraction of sp³-hybridized carbons (Fsp3) is 0.176. The molecule has 2 aromatic carbocycles. The number of carbonyl (C=O) groups excluding carboxylic acids is 2. The Kier molecular flexibility index (Phi) is 4.99. The summed E-state index contributed by atoms with van der Waals surface area (Å²) in [6, 6.07) is 11.9. The number of amides is 2. The van der Waals surface area contributed by atoms with Crippen molar-refractivity contribution < 1.29 is 9.59 Å². The monoisotopic (exact) mass is 382 g/mol. The number of benzene rings is 2. The average molecular weight is 384 g/mol. The van der Waals surface area contributed by atoms with E-state index in [0.29, 0.717) is 28.7 Å². The Labute approximate surface area is 154 Å². The summed E-state index contributed by atoms with van der Waals surface area (Å²) in [5, 5.41) is 1.13. The van der Waals surface area contributed by atoms with Crippen LogP contribution in [-0.2, 0) is 4.79 Å². The first-order valence-electron chi connectivity index (χ1n) is 7.26. The van der Waals surface area contributed by atoms with E-state index in [1.807, 2.05) is 0 Å². The average Bonchev–Trinajstić information content (AvgIpc) is 2.58. The Morgan fingerprint density at radius 1 is 0.958 bits per heavy atom. The van der Waals surface area contributed by atoms with Crippen molar-refractivity contribution in [3.63, 3.8) is 0 Å². The standard InChI is InChI=1S/C17H13Cl3N2O2/c18-11-4-6-12(7-5-11)22-9-8-21(10-15(22)23)17(24)13-2-1-3-14(19)16(13)20/h1-7H,8-10H2. The van der Waals surface area contributed by atoms with E-state index in [4.69, 9.17) is 34.8 Å². The number of anilines is 1. The van der Waals surface area contributed by atoms with Crippen LogP contribution < -0.4 is 4.90 Å². The van der Waals surface area contributed by atoms with Crippen LogP contribution in [0.1, 0.15) is 10.4 Å². The largest absolute Gasteiger partial charge is 0.327 e. The molecule has 0 aliphatic carbocycles. The zero-order chi connectivity index (χ0) is 17.3. The second-order valence-corrected chi connectivity index (χ2v) is 6.57. The molecule has 3 rings (SSSR count). The molecule has 0 spiro atoms. The Hall–Kier alpha value is -1.75. The molecule has 1 aliphatic rings. The molecule has 4 nitrogen and oxygen atoms in total. The number of nitrogens with zero attached hydrogens (tertiary/aromatic N) is 2. The van der Waals surface area contributed by atoms with Gasteiger partial charge in [-0.1, -0.05) is 40.9 Å². The van der Waals surface area contributed by atoms with Crippen LogP contribution in [0.5, 0.6) is 0 Å². The number of carbonyl (C=O) groups is 2. The van der Waals surface area contributed by atoms with Crippen LogP contribution in [0.25, 0.3) is 0 Å². The summed E-state index contributed by atoms with van der Waals surface area (Å²) < 4.78 is 0. The quantitative estimate of drug-likeness (QED) is 0.782. The SMILES string of the molecule is O=C(c1cccc(Cl)c1Cl)N1CCN(c2ccc(Cl)cc2)C(=O)C1. The van der Waals surface area contributed by atoms with Crippen LogP contribution in [0.3, 0.4) is 0 Å². The molecule has 0 radical (unpaired) electrons. The minimum Gasteiger partial charge on any atom is -0.327 e. The van der Waals surface area contributed by atoms with Gasteiger partial charge in [0.05, 0.1) is 15.6 Å². The highest BCUT2D eigenvalue weighted by Gasteiger charge is 2.29. The lowest BCUT2D eigenvalue weighted by Gasteiger charge is -2.34. The maximum Gasteiger partial charge on any atom is 0.255 e. The molecule has 2 aromatic rings. The minimum atomic E-state index is -0.299. The van der Waals surface area contributed by atoms with Crippen molar-refractivity contribution >= 4 is 52.3 Å². The van der Waals surface area contributed by atoms with Crippen LogP contribution >= 0.6 is 34.8 Å².